The van der Waals surface area contributed by atoms with Gasteiger partial charge in [-0.3, -0.25) is 0 Å². The molecule has 0 amide bonds. The molecule has 0 unspecified atom stereocenters. The Hall–Kier alpha value is 0.535. The van der Waals surface area contributed by atoms with Crippen molar-refractivity contribution in [1.82, 2.24) is 0 Å². The molecule has 0 aliphatic heterocycles. The third-order valence-corrected chi connectivity index (χ3v) is 3.82. The summed E-state index contributed by atoms with van der Waals surface area (Å²) in [6, 6.07) is 0. The second-order valence-corrected chi connectivity index (χ2v) is 3.79. The molecule has 0 radical (unpaired) electrons. The minimum absolute atomic E-state index is 0.0162. The minimum atomic E-state index is -0.241. The van der Waals surface area contributed by atoms with Gasteiger partial charge in [0.2, 0.25) is 0 Å². The quantitative estimate of drug-likeness (QED) is 0.656. The maximum atomic E-state index is 10.4. The fraction of sp³-hybridized carbons (Fsp3) is 0.600. The monoisotopic (exact) mass is 238 g/mol. The molecule has 0 fully saturated rings. The Morgan fingerprint density at radius 1 is 1.25 bits per heavy atom. The second kappa shape index (κ2) is 3.54. The van der Waals surface area contributed by atoms with Gasteiger partial charge in [-0.15, -0.1) is 0 Å². The van der Waals surface area contributed by atoms with Crippen molar-refractivity contribution in [3.8, 4) is 0 Å². The molecule has 0 aliphatic rings. The van der Waals surface area contributed by atoms with Crippen LogP contribution in [0.1, 0.15) is 13.8 Å². The van der Waals surface area contributed by atoms with Crippen molar-refractivity contribution in [2.75, 3.05) is 0 Å². The van der Waals surface area contributed by atoms with Crippen LogP contribution in [0, 0.1) is 33.7 Å². The maximum absolute atomic E-state index is 10.4. The summed E-state index contributed by atoms with van der Waals surface area (Å²) in [5.74, 6) is 0.0324. The molecule has 0 aliphatic carbocycles. The van der Waals surface area contributed by atoms with Crippen LogP contribution in [0.25, 0.3) is 0 Å². The zero-order valence-corrected chi connectivity index (χ0v) is 8.60. The summed E-state index contributed by atoms with van der Waals surface area (Å²) < 4.78 is -0.241. The third kappa shape index (κ3) is 2.75. The number of hydrogen-bond donors (Lipinski definition) is 0. The Balaban J connectivity index is 3.83. The van der Waals surface area contributed by atoms with Gasteiger partial charge in [-0.25, -0.2) is 0 Å². The molecule has 0 aromatic carbocycles. The van der Waals surface area contributed by atoms with E-state index in [1.165, 1.54) is 13.8 Å². The van der Waals surface area contributed by atoms with Gasteiger partial charge in [0.05, 0.1) is 0 Å². The van der Waals surface area contributed by atoms with E-state index in [9.17, 15) is 9.59 Å². The van der Waals surface area contributed by atoms with Crippen LogP contribution in [0.3, 0.4) is 0 Å². The SMILES string of the molecule is CC(=O)[CH]([La])C(C)=O. The van der Waals surface area contributed by atoms with Crippen LogP contribution in [0.2, 0.25) is 2.32 Å². The molecule has 0 aromatic heterocycles. The van der Waals surface area contributed by atoms with Crippen molar-refractivity contribution >= 4 is 11.6 Å². The second-order valence-electron chi connectivity index (χ2n) is 1.70. The topological polar surface area (TPSA) is 34.1 Å². The summed E-state index contributed by atoms with van der Waals surface area (Å²) in [6.45, 7) is 2.93. The van der Waals surface area contributed by atoms with Gasteiger partial charge in [-0.2, -0.15) is 0 Å². The number of hydrogen-bond acceptors (Lipinski definition) is 2. The first-order valence-electron chi connectivity index (χ1n) is 2.32. The van der Waals surface area contributed by atoms with Crippen molar-refractivity contribution in [3.05, 3.63) is 0 Å². The van der Waals surface area contributed by atoms with Gasteiger partial charge in [-0.1, -0.05) is 0 Å². The number of Topliss-reactive ketones (excluding diaryl/α,β-unsaturated/α-hetero) is 2. The predicted molar refractivity (Wildman–Crippen MR) is 25.1 cm³/mol. The molecule has 0 saturated heterocycles. The number of rotatable bonds is 2. The van der Waals surface area contributed by atoms with Gasteiger partial charge < -0.3 is 0 Å². The van der Waals surface area contributed by atoms with E-state index in [1.54, 1.807) is 0 Å². The zero-order chi connectivity index (χ0) is 6.73. The van der Waals surface area contributed by atoms with Crippen molar-refractivity contribution in [1.29, 1.82) is 0 Å². The van der Waals surface area contributed by atoms with Crippen molar-refractivity contribution in [3.63, 3.8) is 0 Å². The molecule has 3 heteroatoms. The van der Waals surface area contributed by atoms with Gasteiger partial charge >= 0.3 is 71.1 Å². The number of ketones is 2. The van der Waals surface area contributed by atoms with Crippen LogP contribution >= 0.6 is 0 Å². The summed E-state index contributed by atoms with van der Waals surface area (Å²) in [5, 5.41) is 0. The van der Waals surface area contributed by atoms with E-state index in [2.05, 4.69) is 0 Å². The molecule has 0 atom stereocenters. The summed E-state index contributed by atoms with van der Waals surface area (Å²) in [7, 11) is 0. The number of carbonyl (C=O) groups is 2. The molecule has 0 bridgehead atoms. The van der Waals surface area contributed by atoms with E-state index in [4.69, 9.17) is 0 Å². The molecule has 42 valence electrons. The molecule has 0 aromatic rings. The van der Waals surface area contributed by atoms with Gasteiger partial charge in [-0.05, 0) is 0 Å². The van der Waals surface area contributed by atoms with Crippen molar-refractivity contribution in [2.45, 2.75) is 16.2 Å². The van der Waals surface area contributed by atoms with E-state index < -0.39 is 0 Å². The van der Waals surface area contributed by atoms with Gasteiger partial charge in [0.1, 0.15) is 0 Å². The first-order chi connectivity index (χ1) is 3.55. The first-order valence-corrected chi connectivity index (χ1v) is 4.41. The summed E-state index contributed by atoms with van der Waals surface area (Å²) in [5.41, 5.74) is 0. The molecule has 0 heterocycles. The first kappa shape index (κ1) is 8.53. The van der Waals surface area contributed by atoms with E-state index in [1.807, 2.05) is 0 Å². The zero-order valence-electron chi connectivity index (χ0n) is 4.97. The van der Waals surface area contributed by atoms with Crippen LogP contribution in [-0.2, 0) is 9.59 Å². The third-order valence-electron chi connectivity index (χ3n) is 0.876. The molecule has 0 spiro atoms. The molecule has 0 saturated carbocycles. The summed E-state index contributed by atoms with van der Waals surface area (Å²) in [6.07, 6.45) is 0. The predicted octanol–water partition coefficient (Wildman–Crippen LogP) is 0.502. The summed E-state index contributed by atoms with van der Waals surface area (Å²) in [4.78, 5) is 20.8. The Morgan fingerprint density at radius 2 is 1.50 bits per heavy atom. The van der Waals surface area contributed by atoms with Gasteiger partial charge in [0.25, 0.3) is 0 Å². The molecule has 2 nitrogen and oxygen atoms in total. The molecule has 0 rings (SSSR count). The molecule has 8 heavy (non-hydrogen) atoms. The van der Waals surface area contributed by atoms with Crippen LogP contribution < -0.4 is 0 Å². The van der Waals surface area contributed by atoms with Crippen molar-refractivity contribution in [2.24, 2.45) is 0 Å². The van der Waals surface area contributed by atoms with Crippen LogP contribution in [0.15, 0.2) is 0 Å². The normalized spacial score (nSPS) is 9.25. The van der Waals surface area contributed by atoms with Crippen LogP contribution in [0.5, 0.6) is 0 Å². The van der Waals surface area contributed by atoms with Crippen molar-refractivity contribution < 1.29 is 43.3 Å². The Kier molecular flexibility index (Phi) is 3.78. The molecular weight excluding hydrogens is 231 g/mol. The fourth-order valence-corrected chi connectivity index (χ4v) is 0.286. The van der Waals surface area contributed by atoms with Crippen LogP contribution in [0.4, 0.5) is 0 Å². The summed E-state index contributed by atoms with van der Waals surface area (Å²) >= 11 is 0.468. The standard InChI is InChI=1S/C5H7O2.La/c1-4(6)3-5(2)7;/h3H,1-2H3;. The van der Waals surface area contributed by atoms with E-state index in [0.29, 0.717) is 33.7 Å². The Morgan fingerprint density at radius 3 is 1.50 bits per heavy atom. The molecular formula is C5H7LaO2. The van der Waals surface area contributed by atoms with Gasteiger partial charge in [0, 0.05) is 0 Å². The average Bonchev–Trinajstić information content (AvgIpc) is 1.64. The van der Waals surface area contributed by atoms with E-state index >= 15 is 0 Å². The molecule has 0 N–H and O–H groups in total. The number of carbonyl (C=O) groups excluding carboxylic acids is 2. The van der Waals surface area contributed by atoms with E-state index in [0.717, 1.165) is 0 Å². The Bertz CT molecular complexity index is 106. The van der Waals surface area contributed by atoms with Crippen LogP contribution in [-0.4, -0.2) is 11.6 Å². The fourth-order valence-electron chi connectivity index (χ4n) is 0.286. The Labute approximate surface area is 70.7 Å². The van der Waals surface area contributed by atoms with Gasteiger partial charge in [0.15, 0.2) is 0 Å². The average molecular weight is 238 g/mol. The van der Waals surface area contributed by atoms with E-state index in [-0.39, 0.29) is 13.9 Å².